The Morgan fingerprint density at radius 3 is 2.32 bits per heavy atom. The number of nitrogens with zero attached hydrogens (tertiary/aromatic N) is 4. The summed E-state index contributed by atoms with van der Waals surface area (Å²) in [6, 6.07) is 2.91. The van der Waals surface area contributed by atoms with Crippen LogP contribution in [0.15, 0.2) is 24.5 Å². The first-order chi connectivity index (χ1) is 13.0. The minimum atomic E-state index is -4.45. The molecule has 1 amide bonds. The maximum absolute atomic E-state index is 12.7. The molecule has 1 N–H and O–H groups in total. The van der Waals surface area contributed by atoms with Crippen LogP contribution < -0.4 is 5.32 Å². The first-order valence-electron chi connectivity index (χ1n) is 9.14. The van der Waals surface area contributed by atoms with Crippen LogP contribution in [0, 0.1) is 6.92 Å². The smallest absolute Gasteiger partial charge is 0.351 e. The largest absolute Gasteiger partial charge is 0.417 e. The Bertz CT molecular complexity index is 789. The van der Waals surface area contributed by atoms with E-state index in [0.29, 0.717) is 36.4 Å². The Hall–Kier alpha value is -2.42. The van der Waals surface area contributed by atoms with E-state index in [1.807, 2.05) is 0 Å². The van der Waals surface area contributed by atoms with Gasteiger partial charge in [-0.15, -0.1) is 0 Å². The molecule has 2 rings (SSSR count). The molecule has 0 aliphatic rings. The van der Waals surface area contributed by atoms with Crippen LogP contribution in [0.25, 0.3) is 5.82 Å². The van der Waals surface area contributed by atoms with Crippen molar-refractivity contribution in [2.75, 3.05) is 13.1 Å². The molecule has 0 saturated heterocycles. The van der Waals surface area contributed by atoms with Gasteiger partial charge in [0, 0.05) is 31.4 Å². The van der Waals surface area contributed by atoms with Crippen molar-refractivity contribution in [1.29, 1.82) is 0 Å². The second-order valence-corrected chi connectivity index (χ2v) is 7.14. The van der Waals surface area contributed by atoms with Gasteiger partial charge in [-0.1, -0.05) is 0 Å². The van der Waals surface area contributed by atoms with E-state index in [1.165, 1.54) is 16.9 Å². The molecule has 0 unspecified atom stereocenters. The molecule has 9 heteroatoms. The van der Waals surface area contributed by atoms with Gasteiger partial charge in [0.1, 0.15) is 0 Å². The molecule has 0 atom stereocenters. The van der Waals surface area contributed by atoms with Gasteiger partial charge in [-0.05, 0) is 46.8 Å². The van der Waals surface area contributed by atoms with Crippen LogP contribution in [-0.2, 0) is 6.18 Å². The second-order valence-electron chi connectivity index (χ2n) is 7.14. The third-order valence-corrected chi connectivity index (χ3v) is 4.53. The van der Waals surface area contributed by atoms with Crippen LogP contribution in [0.5, 0.6) is 0 Å². The van der Waals surface area contributed by atoms with Crippen molar-refractivity contribution in [3.05, 3.63) is 41.3 Å². The number of alkyl halides is 3. The van der Waals surface area contributed by atoms with Gasteiger partial charge in [0.2, 0.25) is 0 Å². The molecule has 28 heavy (non-hydrogen) atoms. The summed E-state index contributed by atoms with van der Waals surface area (Å²) < 4.78 is 39.4. The van der Waals surface area contributed by atoms with Gasteiger partial charge in [0.25, 0.3) is 5.91 Å². The van der Waals surface area contributed by atoms with Crippen molar-refractivity contribution in [3.63, 3.8) is 0 Å². The Balaban J connectivity index is 2.07. The molecule has 0 saturated carbocycles. The summed E-state index contributed by atoms with van der Waals surface area (Å²) in [5, 5.41) is 6.97. The average molecular weight is 397 g/mol. The van der Waals surface area contributed by atoms with Crippen molar-refractivity contribution in [2.45, 2.75) is 52.9 Å². The van der Waals surface area contributed by atoms with Gasteiger partial charge in [-0.3, -0.25) is 9.69 Å². The highest BCUT2D eigenvalue weighted by Gasteiger charge is 2.30. The van der Waals surface area contributed by atoms with E-state index in [9.17, 15) is 18.0 Å². The van der Waals surface area contributed by atoms with E-state index in [0.717, 1.165) is 12.3 Å². The Kier molecular flexibility index (Phi) is 6.82. The third-order valence-electron chi connectivity index (χ3n) is 4.53. The number of rotatable bonds is 7. The van der Waals surface area contributed by atoms with Gasteiger partial charge in [0.15, 0.2) is 5.82 Å². The molecule has 2 aromatic rings. The molecule has 0 bridgehead atoms. The normalized spacial score (nSPS) is 12.2. The van der Waals surface area contributed by atoms with Gasteiger partial charge < -0.3 is 5.32 Å². The van der Waals surface area contributed by atoms with Crippen LogP contribution in [-0.4, -0.2) is 50.7 Å². The average Bonchev–Trinajstić information content (AvgIpc) is 2.98. The summed E-state index contributed by atoms with van der Waals surface area (Å²) in [6.45, 7) is 11.3. The first-order valence-corrected chi connectivity index (χ1v) is 9.14. The fourth-order valence-corrected chi connectivity index (χ4v) is 3.05. The highest BCUT2D eigenvalue weighted by Crippen LogP contribution is 2.28. The zero-order chi connectivity index (χ0) is 21.1. The number of halogens is 3. The lowest BCUT2D eigenvalue weighted by molar-refractivity contribution is -0.137. The highest BCUT2D eigenvalue weighted by molar-refractivity contribution is 5.95. The quantitative estimate of drug-likeness (QED) is 0.777. The molecular formula is C19H26F3N5O. The van der Waals surface area contributed by atoms with Crippen molar-refractivity contribution in [3.8, 4) is 5.82 Å². The molecule has 2 heterocycles. The predicted molar refractivity (Wildman–Crippen MR) is 100 cm³/mol. The van der Waals surface area contributed by atoms with Crippen LogP contribution in [0.4, 0.5) is 13.2 Å². The van der Waals surface area contributed by atoms with Crippen molar-refractivity contribution in [1.82, 2.24) is 25.0 Å². The van der Waals surface area contributed by atoms with E-state index in [2.05, 4.69) is 48.0 Å². The fraction of sp³-hybridized carbons (Fsp3) is 0.526. The molecule has 2 aromatic heterocycles. The number of amides is 1. The summed E-state index contributed by atoms with van der Waals surface area (Å²) in [6.07, 6.45) is -2.30. The summed E-state index contributed by atoms with van der Waals surface area (Å²) in [7, 11) is 0. The lowest BCUT2D eigenvalue weighted by Crippen LogP contribution is -2.42. The molecular weight excluding hydrogens is 371 g/mol. The first kappa shape index (κ1) is 21.9. The summed E-state index contributed by atoms with van der Waals surface area (Å²) in [4.78, 5) is 18.5. The van der Waals surface area contributed by atoms with Crippen LogP contribution in [0.1, 0.15) is 49.3 Å². The van der Waals surface area contributed by atoms with E-state index in [4.69, 9.17) is 0 Å². The molecule has 0 spiro atoms. The fourth-order valence-electron chi connectivity index (χ4n) is 3.05. The minimum absolute atomic E-state index is 0.218. The number of carbonyl (C=O) groups is 1. The third kappa shape index (κ3) is 5.09. The zero-order valence-electron chi connectivity index (χ0n) is 16.7. The lowest BCUT2D eigenvalue weighted by Gasteiger charge is -2.30. The minimum Gasteiger partial charge on any atom is -0.351 e. The molecule has 0 aliphatic carbocycles. The molecule has 0 fully saturated rings. The van der Waals surface area contributed by atoms with E-state index in [1.54, 1.807) is 6.92 Å². The predicted octanol–water partition coefficient (Wildman–Crippen LogP) is 3.44. The van der Waals surface area contributed by atoms with Crippen LogP contribution in [0.2, 0.25) is 0 Å². The number of hydrogen-bond acceptors (Lipinski definition) is 4. The molecule has 154 valence electrons. The van der Waals surface area contributed by atoms with Gasteiger partial charge >= 0.3 is 6.18 Å². The molecule has 0 aromatic carbocycles. The summed E-state index contributed by atoms with van der Waals surface area (Å²) in [5.74, 6) is -0.0570. The van der Waals surface area contributed by atoms with Crippen LogP contribution in [0.3, 0.4) is 0 Å². The second kappa shape index (κ2) is 8.72. The van der Waals surface area contributed by atoms with Gasteiger partial charge in [-0.25, -0.2) is 9.67 Å². The summed E-state index contributed by atoms with van der Waals surface area (Å²) >= 11 is 0. The maximum atomic E-state index is 12.7. The zero-order valence-corrected chi connectivity index (χ0v) is 16.7. The molecule has 0 radical (unpaired) electrons. The van der Waals surface area contributed by atoms with Gasteiger partial charge in [-0.2, -0.15) is 18.3 Å². The standard InChI is InChI=1S/C19H26F3N5O/c1-12(2)26(13(3)4)9-8-23-18(28)16-11-25-27(14(16)5)17-7-6-15(10-24-17)19(20,21)22/h6-7,10-13H,8-9H2,1-5H3,(H,23,28). The van der Waals surface area contributed by atoms with E-state index in [-0.39, 0.29) is 11.7 Å². The molecule has 6 nitrogen and oxygen atoms in total. The number of pyridine rings is 1. The number of aromatic nitrogens is 3. The van der Waals surface area contributed by atoms with Crippen molar-refractivity contribution < 1.29 is 18.0 Å². The van der Waals surface area contributed by atoms with Gasteiger partial charge in [0.05, 0.1) is 23.0 Å². The topological polar surface area (TPSA) is 63.1 Å². The monoisotopic (exact) mass is 397 g/mol. The number of nitrogens with one attached hydrogen (secondary N) is 1. The number of hydrogen-bond donors (Lipinski definition) is 1. The SMILES string of the molecule is Cc1c(C(=O)NCCN(C(C)C)C(C)C)cnn1-c1ccc(C(F)(F)F)cn1. The van der Waals surface area contributed by atoms with Crippen LogP contribution >= 0.6 is 0 Å². The number of carbonyl (C=O) groups excluding carboxylic acids is 1. The van der Waals surface area contributed by atoms with Crippen molar-refractivity contribution >= 4 is 5.91 Å². The van der Waals surface area contributed by atoms with Crippen molar-refractivity contribution in [2.24, 2.45) is 0 Å². The highest BCUT2D eigenvalue weighted by atomic mass is 19.4. The Morgan fingerprint density at radius 1 is 1.18 bits per heavy atom. The Labute approximate surface area is 162 Å². The summed E-state index contributed by atoms with van der Waals surface area (Å²) in [5.41, 5.74) is 0.0376. The van der Waals surface area contributed by atoms with E-state index >= 15 is 0 Å². The Morgan fingerprint density at radius 2 is 1.82 bits per heavy atom. The van der Waals surface area contributed by atoms with E-state index < -0.39 is 11.7 Å². The lowest BCUT2D eigenvalue weighted by atomic mass is 10.2. The molecule has 0 aliphatic heterocycles. The maximum Gasteiger partial charge on any atom is 0.417 e.